The van der Waals surface area contributed by atoms with Gasteiger partial charge in [-0.2, -0.15) is 0 Å². The summed E-state index contributed by atoms with van der Waals surface area (Å²) in [5.41, 5.74) is 9.12. The Kier molecular flexibility index (Phi) is 4.44. The summed E-state index contributed by atoms with van der Waals surface area (Å²) in [6.07, 6.45) is 4.48. The van der Waals surface area contributed by atoms with Crippen molar-refractivity contribution < 1.29 is 4.79 Å². The van der Waals surface area contributed by atoms with E-state index in [4.69, 9.17) is 5.73 Å². The number of pyridine rings is 1. The molecule has 1 amide bonds. The molecule has 1 aliphatic rings. The highest BCUT2D eigenvalue weighted by Gasteiger charge is 2.25. The lowest BCUT2D eigenvalue weighted by molar-refractivity contribution is 0.1000. The molecule has 4 nitrogen and oxygen atoms in total. The maximum Gasteiger partial charge on any atom is 0.250 e. The van der Waals surface area contributed by atoms with E-state index >= 15 is 0 Å². The molecule has 2 heterocycles. The van der Waals surface area contributed by atoms with Crippen molar-refractivity contribution in [3.05, 3.63) is 53.9 Å². The van der Waals surface area contributed by atoms with Gasteiger partial charge in [-0.1, -0.05) is 24.3 Å². The highest BCUT2D eigenvalue weighted by atomic mass is 16.1. The standard InChI is InChI=1S/C19H23N3O/c1-13(2)22-8-7-16(12-22)14-3-5-15(6-4-14)17-9-18(19(20)23)11-21-10-17/h3-6,9-11,13,16H,7-8,12H2,1-2H3,(H2,20,23). The number of likely N-dealkylation sites (tertiary alicyclic amines) is 1. The SMILES string of the molecule is CC(C)N1CCC(c2ccc(-c3cncc(C(N)=O)c3)cc2)C1. The molecule has 23 heavy (non-hydrogen) atoms. The molecule has 1 aliphatic heterocycles. The van der Waals surface area contributed by atoms with Crippen molar-refractivity contribution in [2.75, 3.05) is 13.1 Å². The topological polar surface area (TPSA) is 59.2 Å². The number of rotatable bonds is 4. The Balaban J connectivity index is 1.78. The van der Waals surface area contributed by atoms with E-state index in [1.54, 1.807) is 12.3 Å². The fourth-order valence-electron chi connectivity index (χ4n) is 3.21. The van der Waals surface area contributed by atoms with Crippen molar-refractivity contribution >= 4 is 5.91 Å². The summed E-state index contributed by atoms with van der Waals surface area (Å²) in [5.74, 6) is 0.164. The lowest BCUT2D eigenvalue weighted by Crippen LogP contribution is -2.27. The van der Waals surface area contributed by atoms with Gasteiger partial charge in [-0.15, -0.1) is 0 Å². The van der Waals surface area contributed by atoms with Crippen molar-refractivity contribution in [2.45, 2.75) is 32.2 Å². The molecular weight excluding hydrogens is 286 g/mol. The molecule has 1 atom stereocenters. The summed E-state index contributed by atoms with van der Waals surface area (Å²) in [6.45, 7) is 6.82. The predicted molar refractivity (Wildman–Crippen MR) is 92.3 cm³/mol. The Bertz CT molecular complexity index is 694. The number of aromatic nitrogens is 1. The summed E-state index contributed by atoms with van der Waals surface area (Å²) in [4.78, 5) is 17.9. The van der Waals surface area contributed by atoms with Crippen LogP contribution in [0.3, 0.4) is 0 Å². The molecule has 0 spiro atoms. The van der Waals surface area contributed by atoms with Crippen LogP contribution in [0, 0.1) is 0 Å². The van der Waals surface area contributed by atoms with Gasteiger partial charge in [0.1, 0.15) is 0 Å². The third-order valence-corrected chi connectivity index (χ3v) is 4.69. The van der Waals surface area contributed by atoms with Gasteiger partial charge < -0.3 is 10.6 Å². The third kappa shape index (κ3) is 3.42. The fourth-order valence-corrected chi connectivity index (χ4v) is 3.21. The van der Waals surface area contributed by atoms with Crippen LogP contribution in [0.2, 0.25) is 0 Å². The van der Waals surface area contributed by atoms with Crippen molar-refractivity contribution in [1.82, 2.24) is 9.88 Å². The van der Waals surface area contributed by atoms with E-state index in [0.717, 1.165) is 17.7 Å². The molecule has 0 bridgehead atoms. The molecule has 2 N–H and O–H groups in total. The average molecular weight is 309 g/mol. The van der Waals surface area contributed by atoms with Crippen LogP contribution in [-0.4, -0.2) is 34.9 Å². The zero-order chi connectivity index (χ0) is 16.4. The van der Waals surface area contributed by atoms with Crippen LogP contribution in [-0.2, 0) is 0 Å². The van der Waals surface area contributed by atoms with Crippen molar-refractivity contribution in [3.8, 4) is 11.1 Å². The first-order chi connectivity index (χ1) is 11.0. The average Bonchev–Trinajstić information content (AvgIpc) is 3.05. The van der Waals surface area contributed by atoms with E-state index in [9.17, 15) is 4.79 Å². The number of benzene rings is 1. The van der Waals surface area contributed by atoms with Gasteiger partial charge in [0.15, 0.2) is 0 Å². The second kappa shape index (κ2) is 6.50. The zero-order valence-corrected chi connectivity index (χ0v) is 13.7. The van der Waals surface area contributed by atoms with E-state index in [2.05, 4.69) is 48.0 Å². The van der Waals surface area contributed by atoms with Crippen LogP contribution in [0.1, 0.15) is 42.1 Å². The van der Waals surface area contributed by atoms with Crippen molar-refractivity contribution in [2.24, 2.45) is 5.73 Å². The van der Waals surface area contributed by atoms with E-state index < -0.39 is 5.91 Å². The summed E-state index contributed by atoms with van der Waals surface area (Å²) in [5, 5.41) is 0. The van der Waals surface area contributed by atoms with E-state index in [0.29, 0.717) is 17.5 Å². The maximum atomic E-state index is 11.3. The first-order valence-corrected chi connectivity index (χ1v) is 8.14. The van der Waals surface area contributed by atoms with E-state index in [1.165, 1.54) is 24.7 Å². The summed E-state index contributed by atoms with van der Waals surface area (Å²) < 4.78 is 0. The highest BCUT2D eigenvalue weighted by Crippen LogP contribution is 2.30. The summed E-state index contributed by atoms with van der Waals surface area (Å²) in [6, 6.07) is 11.0. The zero-order valence-electron chi connectivity index (χ0n) is 13.7. The lowest BCUT2D eigenvalue weighted by atomic mass is 9.96. The van der Waals surface area contributed by atoms with E-state index in [1.807, 2.05) is 0 Å². The summed E-state index contributed by atoms with van der Waals surface area (Å²) in [7, 11) is 0. The number of carbonyl (C=O) groups is 1. The second-order valence-electron chi connectivity index (χ2n) is 6.52. The molecule has 0 radical (unpaired) electrons. The molecule has 4 heteroatoms. The first kappa shape index (κ1) is 15.7. The number of nitrogens with zero attached hydrogens (tertiary/aromatic N) is 2. The van der Waals surface area contributed by atoms with Gasteiger partial charge in [-0.05, 0) is 49.9 Å². The number of hydrogen-bond donors (Lipinski definition) is 1. The first-order valence-electron chi connectivity index (χ1n) is 8.14. The van der Waals surface area contributed by atoms with Crippen molar-refractivity contribution in [1.29, 1.82) is 0 Å². The molecule has 2 aromatic rings. The monoisotopic (exact) mass is 309 g/mol. The molecule has 1 unspecified atom stereocenters. The Morgan fingerprint density at radius 1 is 1.22 bits per heavy atom. The Hall–Kier alpha value is -2.20. The molecule has 1 saturated heterocycles. The minimum absolute atomic E-state index is 0.440. The predicted octanol–water partition coefficient (Wildman–Crippen LogP) is 3.05. The number of primary amides is 1. The summed E-state index contributed by atoms with van der Waals surface area (Å²) >= 11 is 0. The lowest BCUT2D eigenvalue weighted by Gasteiger charge is -2.20. The fraction of sp³-hybridized carbons (Fsp3) is 0.368. The minimum Gasteiger partial charge on any atom is -0.366 e. The van der Waals surface area contributed by atoms with Gasteiger partial charge >= 0.3 is 0 Å². The number of hydrogen-bond acceptors (Lipinski definition) is 3. The van der Waals surface area contributed by atoms with Crippen molar-refractivity contribution in [3.63, 3.8) is 0 Å². The van der Waals surface area contributed by atoms with Gasteiger partial charge in [0.05, 0.1) is 5.56 Å². The third-order valence-electron chi connectivity index (χ3n) is 4.69. The van der Waals surface area contributed by atoms with Crippen LogP contribution in [0.5, 0.6) is 0 Å². The largest absolute Gasteiger partial charge is 0.366 e. The highest BCUT2D eigenvalue weighted by molar-refractivity contribution is 5.93. The van der Waals surface area contributed by atoms with Crippen LogP contribution in [0.25, 0.3) is 11.1 Å². The quantitative estimate of drug-likeness (QED) is 0.944. The van der Waals surface area contributed by atoms with Gasteiger partial charge in [-0.25, -0.2) is 0 Å². The van der Waals surface area contributed by atoms with Crippen LogP contribution < -0.4 is 5.73 Å². The van der Waals surface area contributed by atoms with Crippen LogP contribution in [0.15, 0.2) is 42.7 Å². The minimum atomic E-state index is -0.448. The van der Waals surface area contributed by atoms with Crippen LogP contribution in [0.4, 0.5) is 0 Å². The smallest absolute Gasteiger partial charge is 0.250 e. The number of nitrogens with two attached hydrogens (primary N) is 1. The van der Waals surface area contributed by atoms with Gasteiger partial charge in [0, 0.05) is 30.5 Å². The Morgan fingerprint density at radius 3 is 2.57 bits per heavy atom. The van der Waals surface area contributed by atoms with E-state index in [-0.39, 0.29) is 0 Å². The van der Waals surface area contributed by atoms with Gasteiger partial charge in [0.25, 0.3) is 0 Å². The van der Waals surface area contributed by atoms with Gasteiger partial charge in [0.2, 0.25) is 5.91 Å². The molecule has 1 aromatic heterocycles. The second-order valence-corrected chi connectivity index (χ2v) is 6.52. The molecule has 120 valence electrons. The van der Waals surface area contributed by atoms with Gasteiger partial charge in [-0.3, -0.25) is 9.78 Å². The molecule has 3 rings (SSSR count). The molecule has 0 aliphatic carbocycles. The Morgan fingerprint density at radius 2 is 1.96 bits per heavy atom. The Labute approximate surface area is 137 Å². The molecule has 1 fully saturated rings. The number of amides is 1. The molecule has 1 aromatic carbocycles. The maximum absolute atomic E-state index is 11.3. The normalized spacial score (nSPS) is 18.5. The van der Waals surface area contributed by atoms with Crippen LogP contribution >= 0.6 is 0 Å². The molecule has 0 saturated carbocycles. The molecular formula is C19H23N3O. The number of carbonyl (C=O) groups excluding carboxylic acids is 1.